The van der Waals surface area contributed by atoms with Crippen LogP contribution < -0.4 is 4.74 Å². The normalized spacial score (nSPS) is 42.7. The van der Waals surface area contributed by atoms with E-state index in [2.05, 4.69) is 0 Å². The smallest absolute Gasteiger partial charge is 0.174 e. The molecule has 1 aromatic rings. The van der Waals surface area contributed by atoms with E-state index in [1.165, 1.54) is 11.0 Å². The van der Waals surface area contributed by atoms with Crippen LogP contribution in [0.25, 0.3) is 0 Å². The minimum absolute atomic E-state index is 0.0754. The highest BCUT2D eigenvalue weighted by Crippen LogP contribution is 2.64. The van der Waals surface area contributed by atoms with Crippen molar-refractivity contribution in [2.45, 2.75) is 48.8 Å². The molecule has 0 amide bonds. The monoisotopic (exact) mass is 332 g/mol. The lowest BCUT2D eigenvalue weighted by molar-refractivity contribution is -0.187. The lowest BCUT2D eigenvalue weighted by Gasteiger charge is -2.62. The summed E-state index contributed by atoms with van der Waals surface area (Å²) in [5, 5.41) is 22.3. The van der Waals surface area contributed by atoms with Gasteiger partial charge in [0.1, 0.15) is 0 Å². The Hall–Kier alpha value is -1.85. The number of carbonyl (C=O) groups excluding carboxylic acids is 1. The number of likely N-dealkylation sites (tertiary alicyclic amines) is 1. The molecule has 1 aromatic carbocycles. The summed E-state index contributed by atoms with van der Waals surface area (Å²) in [5.74, 6) is 0.00842. The van der Waals surface area contributed by atoms with Crippen LogP contribution in [-0.2, 0) is 16.6 Å². The number of hydrogen-bond acceptors (Lipinski definition) is 5. The number of benzene rings is 1. The van der Waals surface area contributed by atoms with Crippen molar-refractivity contribution in [3.05, 3.63) is 35.8 Å². The largest absolute Gasteiger partial charge is 0.504 e. The van der Waals surface area contributed by atoms with Gasteiger partial charge in [-0.15, -0.1) is 6.53 Å². The third-order valence-corrected chi connectivity index (χ3v) is 6.46. The summed E-state index contributed by atoms with van der Waals surface area (Å²) >= 11 is 0. The molecular formula is C19H21NO4. The van der Waals surface area contributed by atoms with E-state index >= 15 is 0 Å². The molecule has 1 spiro atoms. The number of phenols is 1. The molecule has 0 unspecified atom stereocenters. The first-order chi connectivity index (χ1) is 13.6. The van der Waals surface area contributed by atoms with Crippen molar-refractivity contribution in [3.8, 4) is 11.5 Å². The van der Waals surface area contributed by atoms with E-state index in [4.69, 9.17) is 11.6 Å². The second-order valence-corrected chi connectivity index (χ2v) is 7.21. The number of hydrogen-bond donors (Lipinski definition) is 2. The number of nitrogens with zero attached hydrogens (tertiary/aromatic N) is 1. The molecular weight excluding hydrogens is 306 g/mol. The maximum atomic E-state index is 12.8. The summed E-state index contributed by atoms with van der Waals surface area (Å²) in [4.78, 5) is 14.1. The molecule has 2 bridgehead atoms. The van der Waals surface area contributed by atoms with Gasteiger partial charge in [-0.3, -0.25) is 9.69 Å². The number of Topliss-reactive ketones (excluding diaryl/α,β-unsaturated/α-hetero) is 1. The Morgan fingerprint density at radius 1 is 1.58 bits per heavy atom. The van der Waals surface area contributed by atoms with Crippen molar-refractivity contribution in [3.63, 3.8) is 0 Å². The molecule has 2 heterocycles. The minimum Gasteiger partial charge on any atom is -0.504 e. The number of ketones is 1. The maximum Gasteiger partial charge on any atom is 0.174 e. The first-order valence-electron chi connectivity index (χ1n) is 10.7. The van der Waals surface area contributed by atoms with Gasteiger partial charge in [0.15, 0.2) is 23.4 Å². The molecule has 0 aromatic heterocycles. The SMILES string of the molecule is [2H]C([2H])=C([2H])C([2H])([2H])N1CC[C@]23c4c5ccc(O)c4O[C@H]2C(=O)CC[C@@]3(O)[C@H]1C5. The van der Waals surface area contributed by atoms with Crippen LogP contribution in [0, 0.1) is 0 Å². The standard InChI is InChI=1S/C19H21NO4/c1-2-8-20-9-7-18-15-11-3-4-12(21)16(15)24-17(18)13(22)5-6-19(18,23)14(20)10-11/h2-4,14,17,21,23H,1,5-10H2/t14-,17+,18+,19-/m1/s1/i1D2,2D,8D2. The Bertz CT molecular complexity index is 978. The van der Waals surface area contributed by atoms with Crippen molar-refractivity contribution < 1.29 is 26.6 Å². The van der Waals surface area contributed by atoms with Crippen molar-refractivity contribution >= 4 is 5.78 Å². The molecule has 126 valence electrons. The topological polar surface area (TPSA) is 70.0 Å². The quantitative estimate of drug-likeness (QED) is 0.799. The zero-order valence-electron chi connectivity index (χ0n) is 18.0. The number of rotatable bonds is 2. The van der Waals surface area contributed by atoms with Gasteiger partial charge in [-0.2, -0.15) is 0 Å². The van der Waals surface area contributed by atoms with Gasteiger partial charge in [0.05, 0.1) is 15.1 Å². The third kappa shape index (κ3) is 1.38. The third-order valence-electron chi connectivity index (χ3n) is 6.46. The first-order valence-corrected chi connectivity index (χ1v) is 8.24. The molecule has 5 rings (SSSR count). The van der Waals surface area contributed by atoms with Crippen molar-refractivity contribution in [2.75, 3.05) is 13.0 Å². The van der Waals surface area contributed by atoms with Crippen molar-refractivity contribution in [2.24, 2.45) is 0 Å². The summed E-state index contributed by atoms with van der Waals surface area (Å²) in [6.07, 6.45) is -0.274. The van der Waals surface area contributed by atoms with Crippen LogP contribution in [0.5, 0.6) is 11.5 Å². The van der Waals surface area contributed by atoms with Gasteiger partial charge >= 0.3 is 0 Å². The second-order valence-electron chi connectivity index (χ2n) is 7.21. The maximum absolute atomic E-state index is 12.8. The van der Waals surface area contributed by atoms with E-state index in [0.717, 1.165) is 5.56 Å². The van der Waals surface area contributed by atoms with Gasteiger partial charge in [-0.25, -0.2) is 0 Å². The minimum atomic E-state index is -2.41. The summed E-state index contributed by atoms with van der Waals surface area (Å²) < 4.78 is 45.6. The predicted molar refractivity (Wildman–Crippen MR) is 87.3 cm³/mol. The Labute approximate surface area is 147 Å². The van der Waals surface area contributed by atoms with E-state index < -0.39 is 42.2 Å². The van der Waals surface area contributed by atoms with Crippen LogP contribution in [0.4, 0.5) is 0 Å². The molecule has 2 aliphatic carbocycles. The zero-order valence-corrected chi connectivity index (χ0v) is 13.0. The fraction of sp³-hybridized carbons (Fsp3) is 0.526. The fourth-order valence-electron chi connectivity index (χ4n) is 5.53. The molecule has 4 atom stereocenters. The molecule has 2 fully saturated rings. The van der Waals surface area contributed by atoms with E-state index in [1.807, 2.05) is 0 Å². The number of aromatic hydroxyl groups is 1. The van der Waals surface area contributed by atoms with Gasteiger partial charge in [0.25, 0.3) is 0 Å². The van der Waals surface area contributed by atoms with Gasteiger partial charge in [0.2, 0.25) is 0 Å². The average molecular weight is 332 g/mol. The molecule has 0 radical (unpaired) electrons. The van der Waals surface area contributed by atoms with Crippen molar-refractivity contribution in [1.82, 2.24) is 4.90 Å². The summed E-state index contributed by atoms with van der Waals surface area (Å²) in [7, 11) is 0. The number of ether oxygens (including phenoxy) is 1. The number of aliphatic hydroxyl groups is 1. The number of carbonyl (C=O) groups is 1. The molecule has 1 saturated carbocycles. The van der Waals surface area contributed by atoms with Crippen LogP contribution >= 0.6 is 0 Å². The molecule has 4 aliphatic rings. The number of piperidine rings is 1. The zero-order chi connectivity index (χ0) is 20.9. The lowest BCUT2D eigenvalue weighted by Crippen LogP contribution is -2.76. The van der Waals surface area contributed by atoms with Gasteiger partial charge in [0, 0.05) is 33.8 Å². The number of phenolic OH excluding ortho intramolecular Hbond substituents is 1. The molecule has 1 saturated heterocycles. The Morgan fingerprint density at radius 2 is 2.46 bits per heavy atom. The molecule has 24 heavy (non-hydrogen) atoms. The molecule has 2 N–H and O–H groups in total. The van der Waals surface area contributed by atoms with Crippen molar-refractivity contribution in [1.29, 1.82) is 0 Å². The summed E-state index contributed by atoms with van der Waals surface area (Å²) in [6.45, 7) is -3.20. The highest BCUT2D eigenvalue weighted by atomic mass is 16.5. The van der Waals surface area contributed by atoms with E-state index in [0.29, 0.717) is 5.56 Å². The Kier molecular flexibility index (Phi) is 1.87. The predicted octanol–water partition coefficient (Wildman–Crippen LogP) is 1.30. The van der Waals surface area contributed by atoms with E-state index in [1.54, 1.807) is 6.07 Å². The molecule has 2 aliphatic heterocycles. The summed E-state index contributed by atoms with van der Waals surface area (Å²) in [5.41, 5.74) is -1.14. The molecule has 5 heteroatoms. The second kappa shape index (κ2) is 4.41. The first kappa shape index (κ1) is 10.2. The van der Waals surface area contributed by atoms with Crippen LogP contribution in [0.2, 0.25) is 0 Å². The van der Waals surface area contributed by atoms with E-state index in [9.17, 15) is 15.0 Å². The van der Waals surface area contributed by atoms with Gasteiger partial charge in [-0.05, 0) is 30.9 Å². The Balaban J connectivity index is 1.74. The fourth-order valence-corrected chi connectivity index (χ4v) is 5.53. The highest BCUT2D eigenvalue weighted by Gasteiger charge is 2.72. The van der Waals surface area contributed by atoms with Gasteiger partial charge < -0.3 is 14.9 Å². The highest BCUT2D eigenvalue weighted by molar-refractivity contribution is 5.90. The van der Waals surface area contributed by atoms with Crippen LogP contribution in [0.3, 0.4) is 0 Å². The van der Waals surface area contributed by atoms with Crippen LogP contribution in [0.15, 0.2) is 24.7 Å². The Morgan fingerprint density at radius 3 is 3.29 bits per heavy atom. The van der Waals surface area contributed by atoms with Crippen LogP contribution in [0.1, 0.15) is 37.2 Å². The van der Waals surface area contributed by atoms with Crippen LogP contribution in [-0.4, -0.2) is 51.7 Å². The average Bonchev–Trinajstić information content (AvgIpc) is 3.01. The lowest BCUT2D eigenvalue weighted by atomic mass is 9.49. The molecule has 5 nitrogen and oxygen atoms in total. The van der Waals surface area contributed by atoms with Gasteiger partial charge in [-0.1, -0.05) is 12.1 Å². The van der Waals surface area contributed by atoms with E-state index in [-0.39, 0.29) is 49.5 Å². The summed E-state index contributed by atoms with van der Waals surface area (Å²) in [6, 6.07) is 1.67.